The zero-order chi connectivity index (χ0) is 17.9. The van der Waals surface area contributed by atoms with E-state index in [1.165, 1.54) is 0 Å². The molecule has 3 aromatic heterocycles. The summed E-state index contributed by atoms with van der Waals surface area (Å²) in [4.78, 5) is 22.9. The minimum atomic E-state index is -0.0974. The first-order chi connectivity index (χ1) is 12.7. The number of rotatable bonds is 4. The van der Waals surface area contributed by atoms with Gasteiger partial charge in [-0.3, -0.25) is 9.78 Å². The lowest BCUT2D eigenvalue weighted by atomic mass is 10.0. The summed E-state index contributed by atoms with van der Waals surface area (Å²) in [5.74, 6) is -0.0974. The number of hydrogen-bond acceptors (Lipinski definition) is 4. The zero-order valence-electron chi connectivity index (χ0n) is 14.2. The van der Waals surface area contributed by atoms with Crippen LogP contribution in [0.2, 0.25) is 0 Å². The van der Waals surface area contributed by atoms with Crippen LogP contribution in [-0.2, 0) is 0 Å². The number of amides is 1. The van der Waals surface area contributed by atoms with Crippen LogP contribution in [-0.4, -0.2) is 15.9 Å². The van der Waals surface area contributed by atoms with Gasteiger partial charge in [0.15, 0.2) is 0 Å². The van der Waals surface area contributed by atoms with Crippen molar-refractivity contribution >= 4 is 28.1 Å². The molecule has 0 fully saturated rings. The van der Waals surface area contributed by atoms with Crippen LogP contribution in [0.3, 0.4) is 0 Å². The lowest BCUT2D eigenvalue weighted by Crippen LogP contribution is -2.26. The van der Waals surface area contributed by atoms with Crippen molar-refractivity contribution in [3.63, 3.8) is 0 Å². The van der Waals surface area contributed by atoms with E-state index in [4.69, 9.17) is 4.98 Å². The summed E-state index contributed by atoms with van der Waals surface area (Å²) in [6, 6.07) is 17.3. The molecule has 4 aromatic rings. The smallest absolute Gasteiger partial charge is 0.252 e. The van der Waals surface area contributed by atoms with Gasteiger partial charge in [0, 0.05) is 28.2 Å². The van der Waals surface area contributed by atoms with Crippen LogP contribution in [0.4, 0.5) is 0 Å². The molecule has 128 valence electrons. The van der Waals surface area contributed by atoms with Gasteiger partial charge in [-0.2, -0.15) is 0 Å². The Labute approximate surface area is 155 Å². The molecule has 3 heterocycles. The maximum Gasteiger partial charge on any atom is 0.252 e. The van der Waals surface area contributed by atoms with Crippen molar-refractivity contribution in [1.29, 1.82) is 0 Å². The van der Waals surface area contributed by atoms with E-state index in [9.17, 15) is 4.79 Å². The molecule has 0 unspecified atom stereocenters. The van der Waals surface area contributed by atoms with Crippen molar-refractivity contribution in [3.05, 3.63) is 82.8 Å². The van der Waals surface area contributed by atoms with E-state index in [1.54, 1.807) is 23.7 Å². The molecule has 0 spiro atoms. The third kappa shape index (κ3) is 3.21. The number of nitrogens with one attached hydrogen (secondary N) is 1. The van der Waals surface area contributed by atoms with E-state index in [-0.39, 0.29) is 11.9 Å². The number of para-hydroxylation sites is 1. The summed E-state index contributed by atoms with van der Waals surface area (Å²) < 4.78 is 0. The van der Waals surface area contributed by atoms with Crippen molar-refractivity contribution in [2.75, 3.05) is 0 Å². The monoisotopic (exact) mass is 359 g/mol. The van der Waals surface area contributed by atoms with Crippen LogP contribution in [0.15, 0.2) is 72.4 Å². The number of nitrogens with zero attached hydrogens (tertiary/aromatic N) is 2. The molecule has 1 amide bonds. The van der Waals surface area contributed by atoms with Crippen LogP contribution < -0.4 is 5.32 Å². The van der Waals surface area contributed by atoms with Crippen LogP contribution in [0.5, 0.6) is 0 Å². The largest absolute Gasteiger partial charge is 0.345 e. The van der Waals surface area contributed by atoms with Crippen LogP contribution in [0, 0.1) is 0 Å². The van der Waals surface area contributed by atoms with Gasteiger partial charge in [-0.15, -0.1) is 11.3 Å². The van der Waals surface area contributed by atoms with Gasteiger partial charge >= 0.3 is 0 Å². The maximum atomic E-state index is 13.0. The lowest BCUT2D eigenvalue weighted by Gasteiger charge is -2.14. The van der Waals surface area contributed by atoms with Crippen molar-refractivity contribution < 1.29 is 4.79 Å². The summed E-state index contributed by atoms with van der Waals surface area (Å²) in [5.41, 5.74) is 3.13. The average molecular weight is 359 g/mol. The first kappa shape index (κ1) is 16.4. The highest BCUT2D eigenvalue weighted by atomic mass is 32.1. The van der Waals surface area contributed by atoms with Crippen LogP contribution in [0.1, 0.15) is 28.2 Å². The van der Waals surface area contributed by atoms with Crippen molar-refractivity contribution in [2.24, 2.45) is 0 Å². The number of pyridine rings is 2. The molecular formula is C21H17N3OS. The van der Waals surface area contributed by atoms with E-state index >= 15 is 0 Å². The first-order valence-corrected chi connectivity index (χ1v) is 9.25. The molecule has 1 aromatic carbocycles. The normalized spacial score (nSPS) is 12.0. The van der Waals surface area contributed by atoms with Gasteiger partial charge in [0.2, 0.25) is 0 Å². The second-order valence-corrected chi connectivity index (χ2v) is 7.00. The second kappa shape index (κ2) is 7.06. The first-order valence-electron chi connectivity index (χ1n) is 8.37. The molecule has 0 saturated heterocycles. The van der Waals surface area contributed by atoms with E-state index in [0.717, 1.165) is 27.0 Å². The fraction of sp³-hybridized carbons (Fsp3) is 0.0952. The molecule has 5 heteroatoms. The molecular weight excluding hydrogens is 342 g/mol. The van der Waals surface area contributed by atoms with Crippen LogP contribution >= 0.6 is 11.3 Å². The molecule has 0 bridgehead atoms. The Morgan fingerprint density at radius 3 is 2.65 bits per heavy atom. The molecule has 4 nitrogen and oxygen atoms in total. The minimum absolute atomic E-state index is 0.0428. The van der Waals surface area contributed by atoms with E-state index < -0.39 is 0 Å². The summed E-state index contributed by atoms with van der Waals surface area (Å²) >= 11 is 1.64. The summed E-state index contributed by atoms with van der Waals surface area (Å²) in [7, 11) is 0. The number of carbonyl (C=O) groups excluding carboxylic acids is 1. The van der Waals surface area contributed by atoms with Crippen molar-refractivity contribution in [2.45, 2.75) is 13.0 Å². The Hall–Kier alpha value is -3.05. The number of thiophene rings is 1. The Morgan fingerprint density at radius 1 is 1.08 bits per heavy atom. The number of benzene rings is 1. The van der Waals surface area contributed by atoms with Crippen LogP contribution in [0.25, 0.3) is 22.2 Å². The number of carbonyl (C=O) groups is 1. The van der Waals surface area contributed by atoms with Gasteiger partial charge in [0.05, 0.1) is 22.8 Å². The van der Waals surface area contributed by atoms with Gasteiger partial charge < -0.3 is 5.32 Å². The number of fused-ring (bicyclic) bond motifs is 1. The summed E-state index contributed by atoms with van der Waals surface area (Å²) in [6.45, 7) is 2.00. The Morgan fingerprint density at radius 2 is 1.88 bits per heavy atom. The number of hydrogen-bond donors (Lipinski definition) is 1. The predicted octanol–water partition coefficient (Wildman–Crippen LogP) is 4.85. The third-order valence-corrected chi connectivity index (χ3v) is 5.31. The molecule has 0 aliphatic rings. The highest BCUT2D eigenvalue weighted by molar-refractivity contribution is 7.10. The van der Waals surface area contributed by atoms with Gasteiger partial charge in [0.25, 0.3) is 5.91 Å². The van der Waals surface area contributed by atoms with Crippen molar-refractivity contribution in [1.82, 2.24) is 15.3 Å². The number of aromatic nitrogens is 2. The summed E-state index contributed by atoms with van der Waals surface area (Å²) in [6.07, 6.45) is 3.45. The maximum absolute atomic E-state index is 13.0. The van der Waals surface area contributed by atoms with Gasteiger partial charge in [-0.25, -0.2) is 4.98 Å². The molecule has 26 heavy (non-hydrogen) atoms. The zero-order valence-corrected chi connectivity index (χ0v) is 15.0. The highest BCUT2D eigenvalue weighted by Gasteiger charge is 2.17. The topological polar surface area (TPSA) is 54.9 Å². The Kier molecular flexibility index (Phi) is 4.46. The standard InChI is InChI=1S/C21H17N3OS/c1-14(20-7-4-12-26-20)23-21(25)17-13-19(15-8-10-22-11-9-15)24-18-6-3-2-5-16(17)18/h2-14H,1H3,(H,23,25)/t14-/m1/s1. The Bertz CT molecular complexity index is 1050. The lowest BCUT2D eigenvalue weighted by molar-refractivity contribution is 0.0942. The average Bonchev–Trinajstić information content (AvgIpc) is 3.23. The second-order valence-electron chi connectivity index (χ2n) is 6.02. The minimum Gasteiger partial charge on any atom is -0.345 e. The highest BCUT2D eigenvalue weighted by Crippen LogP contribution is 2.25. The summed E-state index contributed by atoms with van der Waals surface area (Å²) in [5, 5.41) is 5.96. The molecule has 0 radical (unpaired) electrons. The van der Waals surface area contributed by atoms with Crippen molar-refractivity contribution in [3.8, 4) is 11.3 Å². The van der Waals surface area contributed by atoms with Gasteiger partial charge in [-0.05, 0) is 42.6 Å². The molecule has 4 rings (SSSR count). The Balaban J connectivity index is 1.76. The van der Waals surface area contributed by atoms with E-state index in [0.29, 0.717) is 5.56 Å². The third-order valence-electron chi connectivity index (χ3n) is 4.25. The predicted molar refractivity (Wildman–Crippen MR) is 105 cm³/mol. The molecule has 1 atom stereocenters. The van der Waals surface area contributed by atoms with Gasteiger partial charge in [-0.1, -0.05) is 24.3 Å². The SMILES string of the molecule is C[C@@H](NC(=O)c1cc(-c2ccncc2)nc2ccccc12)c1cccs1. The van der Waals surface area contributed by atoms with E-state index in [2.05, 4.69) is 10.3 Å². The molecule has 0 aliphatic heterocycles. The quantitative estimate of drug-likeness (QED) is 0.567. The van der Waals surface area contributed by atoms with E-state index in [1.807, 2.05) is 66.9 Å². The van der Waals surface area contributed by atoms with Gasteiger partial charge in [0.1, 0.15) is 0 Å². The fourth-order valence-electron chi connectivity index (χ4n) is 2.92. The molecule has 1 N–H and O–H groups in total. The fourth-order valence-corrected chi connectivity index (χ4v) is 3.65. The molecule has 0 saturated carbocycles. The molecule has 0 aliphatic carbocycles.